The monoisotopic (exact) mass is 410 g/mol. The molecule has 2 saturated carbocycles. The Morgan fingerprint density at radius 3 is 2.45 bits per heavy atom. The van der Waals surface area contributed by atoms with Gasteiger partial charge in [-0.1, -0.05) is 0 Å². The second-order valence-electron chi connectivity index (χ2n) is 9.16. The van der Waals surface area contributed by atoms with Crippen molar-refractivity contribution in [2.24, 2.45) is 11.3 Å². The second-order valence-corrected chi connectivity index (χ2v) is 9.16. The fourth-order valence-electron chi connectivity index (χ4n) is 5.51. The molecule has 2 aliphatic heterocycles. The lowest BCUT2D eigenvalue weighted by Gasteiger charge is -2.33. The van der Waals surface area contributed by atoms with Crippen LogP contribution in [-0.2, 0) is 11.0 Å². The van der Waals surface area contributed by atoms with Gasteiger partial charge in [0.05, 0.1) is 11.1 Å². The molecular formula is C21H22F4N2O2. The van der Waals surface area contributed by atoms with Crippen LogP contribution < -0.4 is 0 Å². The van der Waals surface area contributed by atoms with Crippen molar-refractivity contribution in [2.75, 3.05) is 13.1 Å². The average Bonchev–Trinajstić information content (AvgIpc) is 3.01. The van der Waals surface area contributed by atoms with Gasteiger partial charge in [-0.25, -0.2) is 4.39 Å². The van der Waals surface area contributed by atoms with Gasteiger partial charge in [-0.3, -0.25) is 9.59 Å². The molecule has 5 rings (SSSR count). The van der Waals surface area contributed by atoms with Crippen molar-refractivity contribution in [3.8, 4) is 0 Å². The van der Waals surface area contributed by atoms with Crippen LogP contribution in [0.15, 0.2) is 18.2 Å². The molecule has 29 heavy (non-hydrogen) atoms. The van der Waals surface area contributed by atoms with Gasteiger partial charge in [0.2, 0.25) is 5.91 Å². The zero-order valence-electron chi connectivity index (χ0n) is 15.8. The minimum Gasteiger partial charge on any atom is -0.338 e. The molecule has 0 aromatic heterocycles. The predicted octanol–water partition coefficient (Wildman–Crippen LogP) is 3.85. The number of halogens is 4. The summed E-state index contributed by atoms with van der Waals surface area (Å²) >= 11 is 0. The molecule has 0 unspecified atom stereocenters. The molecule has 8 heteroatoms. The van der Waals surface area contributed by atoms with E-state index in [0.717, 1.165) is 44.2 Å². The number of rotatable bonds is 2. The van der Waals surface area contributed by atoms with Crippen molar-refractivity contribution in [1.29, 1.82) is 0 Å². The molecule has 2 heterocycles. The fraction of sp³-hybridized carbons (Fsp3) is 0.619. The standard InChI is InChI=1S/C21H22F4N2O2/c22-13-2-4-15(16(8-13)21(23,24)25)18(28)27-11-20(5-6-20)9-17(27)19(29)26-10-12-1-3-14(26)7-12/h2,4,8,12,14,17H,1,3,5-7,9-11H2/t12-,14-,17-/m1/s1. The Kier molecular flexibility index (Phi) is 4.03. The molecule has 4 nitrogen and oxygen atoms in total. The molecule has 0 radical (unpaired) electrons. The summed E-state index contributed by atoms with van der Waals surface area (Å²) in [5.74, 6) is -1.51. The zero-order valence-corrected chi connectivity index (χ0v) is 15.8. The van der Waals surface area contributed by atoms with E-state index in [0.29, 0.717) is 31.5 Å². The number of hydrogen-bond acceptors (Lipinski definition) is 2. The summed E-state index contributed by atoms with van der Waals surface area (Å²) in [6.07, 6.45) is 0.457. The van der Waals surface area contributed by atoms with E-state index in [1.54, 1.807) is 0 Å². The third-order valence-corrected chi connectivity index (χ3v) is 7.22. The maximum absolute atomic E-state index is 13.5. The van der Waals surface area contributed by atoms with Gasteiger partial charge in [-0.2, -0.15) is 13.2 Å². The Morgan fingerprint density at radius 1 is 1.10 bits per heavy atom. The summed E-state index contributed by atoms with van der Waals surface area (Å²) in [4.78, 5) is 29.6. The normalized spacial score (nSPS) is 29.7. The van der Waals surface area contributed by atoms with Gasteiger partial charge in [-0.15, -0.1) is 0 Å². The molecule has 4 aliphatic rings. The van der Waals surface area contributed by atoms with E-state index in [-0.39, 0.29) is 17.4 Å². The predicted molar refractivity (Wildman–Crippen MR) is 95.4 cm³/mol. The van der Waals surface area contributed by atoms with Crippen molar-refractivity contribution in [3.05, 3.63) is 35.1 Å². The number of carbonyl (C=O) groups excluding carboxylic acids is 2. The number of alkyl halides is 3. The summed E-state index contributed by atoms with van der Waals surface area (Å²) in [5.41, 5.74) is -2.02. The number of fused-ring (bicyclic) bond motifs is 2. The summed E-state index contributed by atoms with van der Waals surface area (Å²) in [7, 11) is 0. The number of amides is 2. The first-order valence-corrected chi connectivity index (χ1v) is 10.2. The van der Waals surface area contributed by atoms with Crippen molar-refractivity contribution >= 4 is 11.8 Å². The average molecular weight is 410 g/mol. The molecule has 2 amide bonds. The molecule has 1 aromatic rings. The van der Waals surface area contributed by atoms with Gasteiger partial charge >= 0.3 is 6.18 Å². The number of nitrogens with zero attached hydrogens (tertiary/aromatic N) is 2. The minimum atomic E-state index is -4.85. The first-order chi connectivity index (χ1) is 13.7. The Hall–Kier alpha value is -2.12. The van der Waals surface area contributed by atoms with Crippen LogP contribution in [0.1, 0.15) is 54.4 Å². The lowest BCUT2D eigenvalue weighted by atomic mass is 10.0. The molecule has 3 atom stereocenters. The van der Waals surface area contributed by atoms with Crippen molar-refractivity contribution in [1.82, 2.24) is 9.80 Å². The summed E-state index contributed by atoms with van der Waals surface area (Å²) in [5, 5.41) is 0. The van der Waals surface area contributed by atoms with Crippen LogP contribution >= 0.6 is 0 Å². The summed E-state index contributed by atoms with van der Waals surface area (Å²) < 4.78 is 53.8. The Balaban J connectivity index is 1.46. The third-order valence-electron chi connectivity index (χ3n) is 7.22. The Bertz CT molecular complexity index is 880. The highest BCUT2D eigenvalue weighted by Crippen LogP contribution is 2.55. The highest BCUT2D eigenvalue weighted by Gasteiger charge is 2.57. The van der Waals surface area contributed by atoms with Crippen molar-refractivity contribution < 1.29 is 27.2 Å². The second kappa shape index (κ2) is 6.19. The van der Waals surface area contributed by atoms with Crippen molar-refractivity contribution in [3.63, 3.8) is 0 Å². The van der Waals surface area contributed by atoms with E-state index in [1.807, 2.05) is 4.90 Å². The number of benzene rings is 1. The number of carbonyl (C=O) groups is 2. The smallest absolute Gasteiger partial charge is 0.338 e. The van der Waals surface area contributed by atoms with Crippen LogP contribution in [0.4, 0.5) is 17.6 Å². The van der Waals surface area contributed by atoms with E-state index < -0.39 is 35.1 Å². The Morgan fingerprint density at radius 2 is 1.86 bits per heavy atom. The maximum atomic E-state index is 13.5. The van der Waals surface area contributed by atoms with E-state index >= 15 is 0 Å². The topological polar surface area (TPSA) is 40.6 Å². The van der Waals surface area contributed by atoms with E-state index in [2.05, 4.69) is 0 Å². The first-order valence-electron chi connectivity index (χ1n) is 10.2. The fourth-order valence-corrected chi connectivity index (χ4v) is 5.51. The molecule has 0 N–H and O–H groups in total. The molecule has 2 bridgehead atoms. The van der Waals surface area contributed by atoms with Gasteiger partial charge < -0.3 is 9.80 Å². The third kappa shape index (κ3) is 3.11. The molecular weight excluding hydrogens is 388 g/mol. The molecule has 2 saturated heterocycles. The number of hydrogen-bond donors (Lipinski definition) is 0. The van der Waals surface area contributed by atoms with Crippen LogP contribution in [-0.4, -0.2) is 46.8 Å². The summed E-state index contributed by atoms with van der Waals surface area (Å²) in [6, 6.07) is 1.57. The minimum absolute atomic E-state index is 0.134. The molecule has 1 spiro atoms. The maximum Gasteiger partial charge on any atom is 0.417 e. The molecule has 156 valence electrons. The summed E-state index contributed by atoms with van der Waals surface area (Å²) in [6.45, 7) is 0.970. The van der Waals surface area contributed by atoms with Gasteiger partial charge in [0, 0.05) is 19.1 Å². The van der Waals surface area contributed by atoms with Gasteiger partial charge in [0.1, 0.15) is 11.9 Å². The van der Waals surface area contributed by atoms with Gasteiger partial charge in [0.25, 0.3) is 5.91 Å². The Labute approximate surface area is 165 Å². The largest absolute Gasteiger partial charge is 0.417 e. The van der Waals surface area contributed by atoms with Crippen LogP contribution in [0.5, 0.6) is 0 Å². The lowest BCUT2D eigenvalue weighted by Crippen LogP contribution is -2.50. The quantitative estimate of drug-likeness (QED) is 0.695. The highest BCUT2D eigenvalue weighted by atomic mass is 19.4. The van der Waals surface area contributed by atoms with Gasteiger partial charge in [0.15, 0.2) is 0 Å². The van der Waals surface area contributed by atoms with Crippen LogP contribution in [0, 0.1) is 17.2 Å². The lowest BCUT2D eigenvalue weighted by molar-refractivity contribution is -0.138. The van der Waals surface area contributed by atoms with Crippen molar-refractivity contribution in [2.45, 2.75) is 56.8 Å². The SMILES string of the molecule is O=C([C@H]1CC2(CC2)CN1C(=O)c1ccc(F)cc1C(F)(F)F)N1C[C@@H]2CC[C@@H]1C2. The van der Waals surface area contributed by atoms with Crippen LogP contribution in [0.25, 0.3) is 0 Å². The number of likely N-dealkylation sites (tertiary alicyclic amines) is 2. The van der Waals surface area contributed by atoms with Gasteiger partial charge in [-0.05, 0) is 68.1 Å². The van der Waals surface area contributed by atoms with E-state index in [4.69, 9.17) is 0 Å². The van der Waals surface area contributed by atoms with E-state index in [1.165, 1.54) is 4.90 Å². The van der Waals surface area contributed by atoms with E-state index in [9.17, 15) is 27.2 Å². The first kappa shape index (κ1) is 18.9. The molecule has 2 aliphatic carbocycles. The molecule has 1 aromatic carbocycles. The number of piperidine rings is 1. The van der Waals surface area contributed by atoms with Crippen LogP contribution in [0.3, 0.4) is 0 Å². The molecule has 4 fully saturated rings. The zero-order chi connectivity index (χ0) is 20.6. The highest BCUT2D eigenvalue weighted by molar-refractivity contribution is 5.99. The van der Waals surface area contributed by atoms with Crippen LogP contribution in [0.2, 0.25) is 0 Å².